The van der Waals surface area contributed by atoms with E-state index in [0.29, 0.717) is 37.3 Å². The van der Waals surface area contributed by atoms with Crippen molar-refractivity contribution < 1.29 is 0 Å². The molecule has 324 valence electrons. The fourth-order valence-corrected chi connectivity index (χ4v) is 9.36. The van der Waals surface area contributed by atoms with Crippen molar-refractivity contribution in [1.82, 2.24) is 39.0 Å². The molecule has 2 atom stereocenters. The predicted octanol–water partition coefficient (Wildman–Crippen LogP) is 9.79. The lowest BCUT2D eigenvalue weighted by Crippen LogP contribution is -2.25. The van der Waals surface area contributed by atoms with E-state index in [-0.39, 0.29) is 31.6 Å². The van der Waals surface area contributed by atoms with Crippen molar-refractivity contribution in [2.75, 3.05) is 5.32 Å². The molecular formula is C46H41BCl3N10O2S2-. The third kappa shape index (κ3) is 9.41. The molecule has 6 heterocycles. The molecule has 0 saturated heterocycles. The smallest absolute Gasteiger partial charge is 0.264 e. The largest absolute Gasteiger partial charge is 0.360 e. The van der Waals surface area contributed by atoms with E-state index < -0.39 is 0 Å². The van der Waals surface area contributed by atoms with Gasteiger partial charge < -0.3 is 11.1 Å². The number of rotatable bonds is 6. The first-order chi connectivity index (χ1) is 30.4. The molecule has 0 spiro atoms. The molecule has 4 aromatic carbocycles. The fourth-order valence-electron chi connectivity index (χ4n) is 7.09. The van der Waals surface area contributed by atoms with E-state index in [0.717, 1.165) is 58.7 Å². The fraction of sp³-hybridized carbons (Fsp3) is 0.130. The van der Waals surface area contributed by atoms with Crippen LogP contribution in [0.3, 0.4) is 0 Å². The minimum atomic E-state index is -0.263. The minimum absolute atomic E-state index is 0. The molecule has 6 aromatic heterocycles. The first-order valence-corrected chi connectivity index (χ1v) is 22.3. The number of nitrogens with zero attached hydrogens (tertiary/aromatic N) is 8. The number of anilines is 1. The second kappa shape index (κ2) is 19.8. The van der Waals surface area contributed by atoms with Gasteiger partial charge in [-0.15, -0.1) is 0 Å². The summed E-state index contributed by atoms with van der Waals surface area (Å²) in [5.41, 5.74) is 10.3. The van der Waals surface area contributed by atoms with Crippen LogP contribution in [0.25, 0.3) is 53.6 Å². The summed E-state index contributed by atoms with van der Waals surface area (Å²) in [7, 11) is 0. The number of pyridine rings is 2. The number of benzene rings is 4. The van der Waals surface area contributed by atoms with E-state index in [1.54, 1.807) is 21.3 Å². The molecule has 0 aliphatic carbocycles. The SMILES string of the molecule is C[C@H](N)c1cc2cccc(Cl)c2c(=O)n1-c1ccccc1.Cc1nc2c(Cl)ncnc2s1.Cc1nc2c(N[C@@H](C)c3cc4cccc(Cl)c4c(=O)n3-c3ccccc3)ncnc2s1.[BH4-]. The molecule has 18 heteroatoms. The van der Waals surface area contributed by atoms with Gasteiger partial charge in [0.2, 0.25) is 0 Å². The first-order valence-electron chi connectivity index (χ1n) is 19.5. The number of nitrogens with two attached hydrogens (primary N) is 1. The van der Waals surface area contributed by atoms with Crippen molar-refractivity contribution in [3.8, 4) is 11.4 Å². The van der Waals surface area contributed by atoms with Gasteiger partial charge in [-0.05, 0) is 87.0 Å². The molecule has 0 aliphatic rings. The van der Waals surface area contributed by atoms with Crippen molar-refractivity contribution in [2.45, 2.75) is 39.8 Å². The van der Waals surface area contributed by atoms with Gasteiger partial charge >= 0.3 is 0 Å². The molecule has 0 unspecified atom stereocenters. The Morgan fingerprint density at radius 1 is 0.609 bits per heavy atom. The van der Waals surface area contributed by atoms with Crippen LogP contribution in [0.4, 0.5) is 5.82 Å². The summed E-state index contributed by atoms with van der Waals surface area (Å²) in [4.78, 5) is 53.4. The summed E-state index contributed by atoms with van der Waals surface area (Å²) in [5, 5.41) is 9.28. The van der Waals surface area contributed by atoms with Crippen LogP contribution < -0.4 is 22.2 Å². The highest BCUT2D eigenvalue weighted by Crippen LogP contribution is 2.30. The average Bonchev–Trinajstić information content (AvgIpc) is 3.86. The highest BCUT2D eigenvalue weighted by Gasteiger charge is 2.20. The van der Waals surface area contributed by atoms with Crippen LogP contribution in [-0.4, -0.2) is 47.5 Å². The highest BCUT2D eigenvalue weighted by atomic mass is 35.5. The lowest BCUT2D eigenvalue weighted by atomic mass is 10.1. The Bertz CT molecular complexity index is 3400. The minimum Gasteiger partial charge on any atom is -0.360 e. The van der Waals surface area contributed by atoms with Gasteiger partial charge in [-0.3, -0.25) is 18.7 Å². The van der Waals surface area contributed by atoms with Crippen LogP contribution in [0, 0.1) is 13.8 Å². The van der Waals surface area contributed by atoms with Crippen LogP contribution in [0.5, 0.6) is 0 Å². The summed E-state index contributed by atoms with van der Waals surface area (Å²) in [6, 6.07) is 33.4. The first kappa shape index (κ1) is 45.9. The Kier molecular flexibility index (Phi) is 14.2. The molecular weight excluding hydrogens is 906 g/mol. The van der Waals surface area contributed by atoms with Crippen molar-refractivity contribution in [3.63, 3.8) is 0 Å². The Balaban J connectivity index is 0.000000159. The standard InChI is InChI=1S/C23H18ClN5OS.C17H15ClN2O.C6H4ClN3S.BH4/c1-13(27-21-20-22(26-12-25-21)31-14(2)28-20)18-11-15-7-6-10-17(24)19(15)23(30)29(18)16-8-4-3-5-9-16;1-11(19)15-10-12-6-5-9-14(18)16(12)17(21)20(15)13-7-3-2-4-8-13;1-3-10-4-5(7)8-2-9-6(4)11-3;/h3-13H,1-2H3,(H,25,26,27);2-11H,19H2,1H3;2H,1H3;1H4/q;;;-1/t13-;11-;;/m00../s1. The third-order valence-corrected chi connectivity index (χ3v) is 12.6. The summed E-state index contributed by atoms with van der Waals surface area (Å²) < 4.78 is 3.34. The molecule has 0 fully saturated rings. The van der Waals surface area contributed by atoms with Gasteiger partial charge in [0.05, 0.1) is 36.9 Å². The van der Waals surface area contributed by atoms with Crippen molar-refractivity contribution in [1.29, 1.82) is 0 Å². The number of para-hydroxylation sites is 2. The van der Waals surface area contributed by atoms with E-state index in [4.69, 9.17) is 40.5 Å². The normalized spacial score (nSPS) is 11.9. The monoisotopic (exact) mass is 945 g/mol. The molecule has 3 N–H and O–H groups in total. The second-order valence-electron chi connectivity index (χ2n) is 14.3. The van der Waals surface area contributed by atoms with Crippen LogP contribution in [0.1, 0.15) is 47.3 Å². The average molecular weight is 947 g/mol. The maximum Gasteiger partial charge on any atom is 0.264 e. The molecule has 0 amide bonds. The molecule has 0 aliphatic heterocycles. The van der Waals surface area contributed by atoms with Crippen molar-refractivity contribution in [2.24, 2.45) is 5.73 Å². The topological polar surface area (TPSA) is 159 Å². The van der Waals surface area contributed by atoms with Crippen molar-refractivity contribution >= 4 is 114 Å². The summed E-state index contributed by atoms with van der Waals surface area (Å²) in [5.74, 6) is 0.639. The number of thiazole rings is 2. The van der Waals surface area contributed by atoms with Crippen LogP contribution in [0.15, 0.2) is 131 Å². The molecule has 10 aromatic rings. The quantitative estimate of drug-likeness (QED) is 0.121. The maximum atomic E-state index is 13.6. The van der Waals surface area contributed by atoms with E-state index >= 15 is 0 Å². The number of aryl methyl sites for hydroxylation is 2. The predicted molar refractivity (Wildman–Crippen MR) is 270 cm³/mol. The van der Waals surface area contributed by atoms with Crippen LogP contribution in [0.2, 0.25) is 15.2 Å². The molecule has 0 bridgehead atoms. The Morgan fingerprint density at radius 2 is 1.08 bits per heavy atom. The Labute approximate surface area is 392 Å². The summed E-state index contributed by atoms with van der Waals surface area (Å²) in [6.07, 6.45) is 2.97. The summed E-state index contributed by atoms with van der Waals surface area (Å²) in [6.45, 7) is 7.73. The van der Waals surface area contributed by atoms with Crippen LogP contribution >= 0.6 is 57.5 Å². The number of aromatic nitrogens is 8. The molecule has 10 rings (SSSR count). The number of hydrogen-bond acceptors (Lipinski definition) is 12. The van der Waals surface area contributed by atoms with Gasteiger partial charge in [-0.25, -0.2) is 29.9 Å². The van der Waals surface area contributed by atoms with Gasteiger partial charge in [-0.1, -0.05) is 127 Å². The van der Waals surface area contributed by atoms with Gasteiger partial charge in [0, 0.05) is 28.8 Å². The summed E-state index contributed by atoms with van der Waals surface area (Å²) >= 11 is 21.4. The van der Waals surface area contributed by atoms with E-state index in [2.05, 4.69) is 35.2 Å². The highest BCUT2D eigenvalue weighted by molar-refractivity contribution is 7.18. The lowest BCUT2D eigenvalue weighted by Gasteiger charge is -2.21. The molecule has 12 nitrogen and oxygen atoms in total. The number of nitrogens with one attached hydrogen (secondary N) is 1. The number of halogens is 3. The number of fused-ring (bicyclic) bond motifs is 4. The van der Waals surface area contributed by atoms with Gasteiger partial charge in [0.15, 0.2) is 11.0 Å². The zero-order chi connectivity index (χ0) is 44.4. The van der Waals surface area contributed by atoms with E-state index in [1.807, 2.05) is 125 Å². The van der Waals surface area contributed by atoms with Crippen LogP contribution in [-0.2, 0) is 0 Å². The van der Waals surface area contributed by atoms with E-state index in [1.165, 1.54) is 35.3 Å². The second-order valence-corrected chi connectivity index (χ2v) is 17.8. The van der Waals surface area contributed by atoms with Crippen molar-refractivity contribution in [3.05, 3.63) is 179 Å². The van der Waals surface area contributed by atoms with Gasteiger partial charge in [0.1, 0.15) is 33.3 Å². The zero-order valence-corrected chi connectivity index (χ0v) is 38.0. The Hall–Kier alpha value is -6.07. The molecule has 0 saturated carbocycles. The maximum absolute atomic E-state index is 13.6. The lowest BCUT2D eigenvalue weighted by molar-refractivity contribution is 0.734. The Morgan fingerprint density at radius 3 is 1.59 bits per heavy atom. The molecule has 64 heavy (non-hydrogen) atoms. The molecule has 0 radical (unpaired) electrons. The number of hydrogen-bond donors (Lipinski definition) is 2. The van der Waals surface area contributed by atoms with Gasteiger partial charge in [-0.2, -0.15) is 0 Å². The third-order valence-electron chi connectivity index (χ3n) is 9.90. The van der Waals surface area contributed by atoms with Gasteiger partial charge in [0.25, 0.3) is 11.1 Å². The van der Waals surface area contributed by atoms with E-state index in [9.17, 15) is 9.59 Å². The zero-order valence-electron chi connectivity index (χ0n) is 34.1.